The Morgan fingerprint density at radius 2 is 1.76 bits per heavy atom. The zero-order valence-electron chi connectivity index (χ0n) is 19.5. The fourth-order valence-electron chi connectivity index (χ4n) is 4.70. The molecule has 0 saturated carbocycles. The van der Waals surface area contributed by atoms with Crippen molar-refractivity contribution in [3.8, 4) is 0 Å². The van der Waals surface area contributed by atoms with Crippen LogP contribution in [-0.4, -0.2) is 52.2 Å². The normalized spacial score (nSPS) is 22.5. The SMILES string of the molecule is C[C@@H](NC(=O)[C@H](O)[C@@H](O)C(=O)N1CCCC1(C)c1ccccc1)c1ccc(N2C=CCN2)cc1. The predicted octanol–water partition coefficient (Wildman–Crippen LogP) is 1.96. The first-order chi connectivity index (χ1) is 16.3. The lowest BCUT2D eigenvalue weighted by atomic mass is 9.89. The minimum atomic E-state index is -1.87. The molecule has 8 nitrogen and oxygen atoms in total. The van der Waals surface area contributed by atoms with E-state index in [1.807, 2.05) is 78.8 Å². The van der Waals surface area contributed by atoms with Crippen molar-refractivity contribution in [2.75, 3.05) is 18.1 Å². The zero-order valence-corrected chi connectivity index (χ0v) is 19.5. The van der Waals surface area contributed by atoms with Crippen LogP contribution >= 0.6 is 0 Å². The summed E-state index contributed by atoms with van der Waals surface area (Å²) in [5.41, 5.74) is 5.35. The number of rotatable bonds is 7. The first-order valence-corrected chi connectivity index (χ1v) is 11.6. The Labute approximate surface area is 199 Å². The van der Waals surface area contributed by atoms with E-state index in [2.05, 4.69) is 10.7 Å². The highest BCUT2D eigenvalue weighted by Gasteiger charge is 2.45. The second-order valence-electron chi connectivity index (χ2n) is 9.06. The summed E-state index contributed by atoms with van der Waals surface area (Å²) in [5.74, 6) is -1.43. The molecule has 0 aromatic heterocycles. The lowest BCUT2D eigenvalue weighted by Crippen LogP contribution is -2.54. The number of carbonyl (C=O) groups excluding carboxylic acids is 2. The molecule has 180 valence electrons. The minimum absolute atomic E-state index is 0.415. The molecule has 2 aliphatic heterocycles. The fourth-order valence-corrected chi connectivity index (χ4v) is 4.70. The lowest BCUT2D eigenvalue weighted by molar-refractivity contribution is -0.156. The Kier molecular flexibility index (Phi) is 7.02. The number of hydrazine groups is 1. The molecule has 0 bridgehead atoms. The van der Waals surface area contributed by atoms with E-state index >= 15 is 0 Å². The average molecular weight is 465 g/mol. The highest BCUT2D eigenvalue weighted by Crippen LogP contribution is 2.39. The van der Waals surface area contributed by atoms with Gasteiger partial charge in [-0.3, -0.25) is 14.6 Å². The number of hydrogen-bond donors (Lipinski definition) is 4. The average Bonchev–Trinajstić information content (AvgIpc) is 3.54. The maximum Gasteiger partial charge on any atom is 0.255 e. The molecule has 1 fully saturated rings. The minimum Gasteiger partial charge on any atom is -0.380 e. The third-order valence-electron chi connectivity index (χ3n) is 6.79. The summed E-state index contributed by atoms with van der Waals surface area (Å²) < 4.78 is 0. The molecule has 0 spiro atoms. The third-order valence-corrected chi connectivity index (χ3v) is 6.79. The number of amides is 2. The van der Waals surface area contributed by atoms with Gasteiger partial charge in [0.05, 0.1) is 17.3 Å². The Bertz CT molecular complexity index is 1040. The van der Waals surface area contributed by atoms with Crippen LogP contribution in [-0.2, 0) is 15.1 Å². The highest BCUT2D eigenvalue weighted by molar-refractivity contribution is 5.91. The van der Waals surface area contributed by atoms with Crippen LogP contribution in [0.5, 0.6) is 0 Å². The van der Waals surface area contributed by atoms with Crippen molar-refractivity contribution in [1.82, 2.24) is 15.6 Å². The van der Waals surface area contributed by atoms with Crippen molar-refractivity contribution in [2.45, 2.75) is 50.5 Å². The molecule has 2 heterocycles. The van der Waals surface area contributed by atoms with Gasteiger partial charge in [0.15, 0.2) is 12.2 Å². The number of aliphatic hydroxyl groups is 2. The maximum atomic E-state index is 13.1. The second-order valence-corrected chi connectivity index (χ2v) is 9.06. The van der Waals surface area contributed by atoms with Gasteiger partial charge in [-0.15, -0.1) is 0 Å². The summed E-state index contributed by atoms with van der Waals surface area (Å²) in [6.07, 6.45) is 1.76. The van der Waals surface area contributed by atoms with Gasteiger partial charge in [-0.05, 0) is 49.9 Å². The predicted molar refractivity (Wildman–Crippen MR) is 129 cm³/mol. The van der Waals surface area contributed by atoms with E-state index in [1.54, 1.807) is 11.8 Å². The van der Waals surface area contributed by atoms with Gasteiger partial charge in [-0.25, -0.2) is 5.43 Å². The number of benzene rings is 2. The number of anilines is 1. The van der Waals surface area contributed by atoms with E-state index in [-0.39, 0.29) is 0 Å². The van der Waals surface area contributed by atoms with Crippen molar-refractivity contribution in [2.24, 2.45) is 0 Å². The molecular formula is C26H32N4O4. The van der Waals surface area contributed by atoms with Crippen molar-refractivity contribution in [3.05, 3.63) is 78.0 Å². The molecule has 2 aromatic rings. The van der Waals surface area contributed by atoms with Gasteiger partial charge < -0.3 is 20.4 Å². The molecule has 1 saturated heterocycles. The molecule has 1 unspecified atom stereocenters. The smallest absolute Gasteiger partial charge is 0.255 e. The number of carbonyl (C=O) groups is 2. The molecule has 4 rings (SSSR count). The van der Waals surface area contributed by atoms with E-state index in [0.29, 0.717) is 6.54 Å². The second kappa shape index (κ2) is 9.97. The Morgan fingerprint density at radius 1 is 1.06 bits per heavy atom. The molecular weight excluding hydrogens is 432 g/mol. The summed E-state index contributed by atoms with van der Waals surface area (Å²) in [5, 5.41) is 25.7. The van der Waals surface area contributed by atoms with Gasteiger partial charge in [0.25, 0.3) is 11.8 Å². The summed E-state index contributed by atoms with van der Waals surface area (Å²) in [6.45, 7) is 4.97. The van der Waals surface area contributed by atoms with E-state index in [0.717, 1.165) is 36.2 Å². The van der Waals surface area contributed by atoms with Gasteiger partial charge in [0.2, 0.25) is 0 Å². The van der Waals surface area contributed by atoms with Crippen LogP contribution in [0.2, 0.25) is 0 Å². The number of nitrogens with one attached hydrogen (secondary N) is 2. The van der Waals surface area contributed by atoms with Crippen molar-refractivity contribution >= 4 is 17.5 Å². The van der Waals surface area contributed by atoms with Crippen LogP contribution in [0.25, 0.3) is 0 Å². The zero-order chi connectivity index (χ0) is 24.3. The standard InChI is InChI=1S/C26H32N4O4/c1-18(19-10-12-21(13-11-19)30-17-7-15-27-30)28-24(33)22(31)23(32)25(34)29-16-6-14-26(29,2)20-8-4-3-5-9-20/h3-5,7-13,17-18,22-23,27,31-32H,6,14-16H2,1-2H3,(H,28,33)/t18-,22-,23-,26?/m1/s1. The molecule has 8 heteroatoms. The van der Waals surface area contributed by atoms with Gasteiger partial charge in [-0.1, -0.05) is 48.5 Å². The van der Waals surface area contributed by atoms with E-state index < -0.39 is 35.6 Å². The molecule has 34 heavy (non-hydrogen) atoms. The quantitative estimate of drug-likeness (QED) is 0.499. The Morgan fingerprint density at radius 3 is 2.41 bits per heavy atom. The molecule has 4 atom stereocenters. The largest absolute Gasteiger partial charge is 0.380 e. The van der Waals surface area contributed by atoms with E-state index in [9.17, 15) is 19.8 Å². The van der Waals surface area contributed by atoms with E-state index in [4.69, 9.17) is 0 Å². The molecule has 4 N–H and O–H groups in total. The fraction of sp³-hybridized carbons (Fsp3) is 0.385. The topological polar surface area (TPSA) is 105 Å². The van der Waals surface area contributed by atoms with Gasteiger partial charge >= 0.3 is 0 Å². The first-order valence-electron chi connectivity index (χ1n) is 11.6. The highest BCUT2D eigenvalue weighted by atomic mass is 16.3. The van der Waals surface area contributed by atoms with Gasteiger partial charge in [0.1, 0.15) is 0 Å². The van der Waals surface area contributed by atoms with Crippen LogP contribution in [0.3, 0.4) is 0 Å². The Balaban J connectivity index is 1.39. The molecule has 2 amide bonds. The molecule has 2 aromatic carbocycles. The molecule has 0 aliphatic carbocycles. The van der Waals surface area contributed by atoms with Crippen molar-refractivity contribution in [3.63, 3.8) is 0 Å². The summed E-state index contributed by atoms with van der Waals surface area (Å²) in [6, 6.07) is 16.8. The summed E-state index contributed by atoms with van der Waals surface area (Å²) in [4.78, 5) is 27.4. The maximum absolute atomic E-state index is 13.1. The number of aliphatic hydroxyl groups excluding tert-OH is 2. The van der Waals surface area contributed by atoms with Crippen LogP contribution in [0.1, 0.15) is 43.9 Å². The molecule has 2 aliphatic rings. The van der Waals surface area contributed by atoms with E-state index in [1.165, 1.54) is 0 Å². The lowest BCUT2D eigenvalue weighted by Gasteiger charge is -2.37. The summed E-state index contributed by atoms with van der Waals surface area (Å²) >= 11 is 0. The number of hydrogen-bond acceptors (Lipinski definition) is 6. The molecule has 0 radical (unpaired) electrons. The summed E-state index contributed by atoms with van der Waals surface area (Å²) in [7, 11) is 0. The van der Waals surface area contributed by atoms with Gasteiger partial charge in [-0.2, -0.15) is 0 Å². The Hall–Kier alpha value is -3.20. The van der Waals surface area contributed by atoms with Crippen LogP contribution in [0, 0.1) is 0 Å². The number of nitrogens with zero attached hydrogens (tertiary/aromatic N) is 2. The van der Waals surface area contributed by atoms with Crippen LogP contribution < -0.4 is 15.8 Å². The first kappa shape index (κ1) is 23.9. The third kappa shape index (κ3) is 4.70. The van der Waals surface area contributed by atoms with Gasteiger partial charge in [0, 0.05) is 19.3 Å². The van der Waals surface area contributed by atoms with Crippen LogP contribution in [0.4, 0.5) is 5.69 Å². The van der Waals surface area contributed by atoms with Crippen LogP contribution in [0.15, 0.2) is 66.9 Å². The van der Waals surface area contributed by atoms with Crippen molar-refractivity contribution < 1.29 is 19.8 Å². The monoisotopic (exact) mass is 464 g/mol. The van der Waals surface area contributed by atoms with Crippen molar-refractivity contribution in [1.29, 1.82) is 0 Å². The number of likely N-dealkylation sites (tertiary alicyclic amines) is 1.